The number of aryl methyl sites for hydroxylation is 1. The topological polar surface area (TPSA) is 33.1 Å². The molecule has 90 valence electrons. The molecule has 2 nitrogen and oxygen atoms in total. The van der Waals surface area contributed by atoms with E-state index in [9.17, 15) is 5.11 Å². The van der Waals surface area contributed by atoms with E-state index in [0.29, 0.717) is 5.92 Å². The predicted octanol–water partition coefficient (Wildman–Crippen LogP) is 3.50. The molecule has 1 N–H and O–H groups in total. The Balaban J connectivity index is 2.75. The van der Waals surface area contributed by atoms with Gasteiger partial charge in [-0.1, -0.05) is 33.6 Å². The minimum Gasteiger partial charge on any atom is -0.388 e. The number of aliphatic hydroxyl groups is 1. The first-order valence-electron chi connectivity index (χ1n) is 6.33. The van der Waals surface area contributed by atoms with E-state index in [2.05, 4.69) is 25.8 Å². The summed E-state index contributed by atoms with van der Waals surface area (Å²) in [4.78, 5) is 4.11. The summed E-state index contributed by atoms with van der Waals surface area (Å²) in [6.07, 6.45) is 7.38. The van der Waals surface area contributed by atoms with Gasteiger partial charge < -0.3 is 5.11 Å². The Kier molecular flexibility index (Phi) is 5.47. The molecule has 1 atom stereocenters. The zero-order chi connectivity index (χ0) is 12.0. The van der Waals surface area contributed by atoms with Gasteiger partial charge in [-0.3, -0.25) is 4.98 Å². The third-order valence-electron chi connectivity index (χ3n) is 3.39. The van der Waals surface area contributed by atoms with Crippen LogP contribution in [0.4, 0.5) is 0 Å². The smallest absolute Gasteiger partial charge is 0.0796 e. The van der Waals surface area contributed by atoms with Crippen LogP contribution in [0.25, 0.3) is 0 Å². The van der Waals surface area contributed by atoms with E-state index in [4.69, 9.17) is 0 Å². The predicted molar refractivity (Wildman–Crippen MR) is 67.3 cm³/mol. The average Bonchev–Trinajstić information content (AvgIpc) is 2.35. The molecule has 1 rings (SSSR count). The quantitative estimate of drug-likeness (QED) is 0.797. The van der Waals surface area contributed by atoms with E-state index in [1.807, 2.05) is 12.3 Å². The highest BCUT2D eigenvalue weighted by molar-refractivity contribution is 5.25. The summed E-state index contributed by atoms with van der Waals surface area (Å²) in [5, 5.41) is 10.2. The minimum atomic E-state index is -0.331. The highest BCUT2D eigenvalue weighted by Gasteiger charge is 2.15. The maximum atomic E-state index is 10.2. The van der Waals surface area contributed by atoms with Crippen molar-refractivity contribution in [3.8, 4) is 0 Å². The van der Waals surface area contributed by atoms with Gasteiger partial charge in [-0.05, 0) is 36.0 Å². The molecular weight excluding hydrogens is 198 g/mol. The van der Waals surface area contributed by atoms with Crippen molar-refractivity contribution in [2.75, 3.05) is 0 Å². The highest BCUT2D eigenvalue weighted by Crippen LogP contribution is 2.27. The van der Waals surface area contributed by atoms with Crippen molar-refractivity contribution in [2.45, 2.75) is 52.6 Å². The van der Waals surface area contributed by atoms with Crippen molar-refractivity contribution < 1.29 is 5.11 Å². The van der Waals surface area contributed by atoms with Gasteiger partial charge in [-0.2, -0.15) is 0 Å². The second-order valence-corrected chi connectivity index (χ2v) is 4.36. The van der Waals surface area contributed by atoms with E-state index in [1.54, 1.807) is 6.20 Å². The van der Waals surface area contributed by atoms with E-state index in [0.717, 1.165) is 31.2 Å². The Hall–Kier alpha value is -0.890. The number of nitrogens with zero attached hydrogens (tertiary/aromatic N) is 1. The summed E-state index contributed by atoms with van der Waals surface area (Å²) in [5.41, 5.74) is 2.23. The number of rotatable bonds is 6. The summed E-state index contributed by atoms with van der Waals surface area (Å²) in [7, 11) is 0. The van der Waals surface area contributed by atoms with Crippen LogP contribution in [0.2, 0.25) is 0 Å². The Morgan fingerprint density at radius 2 is 1.94 bits per heavy atom. The first-order chi connectivity index (χ1) is 7.72. The second-order valence-electron chi connectivity index (χ2n) is 4.36. The van der Waals surface area contributed by atoms with Crippen LogP contribution in [0.15, 0.2) is 18.5 Å². The molecular formula is C14H23NO. The zero-order valence-electron chi connectivity index (χ0n) is 10.6. The van der Waals surface area contributed by atoms with Gasteiger partial charge in [0.1, 0.15) is 0 Å². The monoisotopic (exact) mass is 221 g/mol. The lowest BCUT2D eigenvalue weighted by atomic mass is 9.91. The molecule has 0 aliphatic carbocycles. The largest absolute Gasteiger partial charge is 0.388 e. The van der Waals surface area contributed by atoms with Gasteiger partial charge in [0.25, 0.3) is 0 Å². The van der Waals surface area contributed by atoms with Crippen LogP contribution in [0.1, 0.15) is 57.3 Å². The van der Waals surface area contributed by atoms with E-state index in [-0.39, 0.29) is 6.10 Å². The molecule has 1 aromatic rings. The Bertz CT molecular complexity index is 307. The van der Waals surface area contributed by atoms with Crippen molar-refractivity contribution in [3.63, 3.8) is 0 Å². The van der Waals surface area contributed by atoms with Crippen molar-refractivity contribution in [1.82, 2.24) is 4.98 Å². The lowest BCUT2D eigenvalue weighted by molar-refractivity contribution is 0.140. The number of hydrogen-bond acceptors (Lipinski definition) is 2. The third kappa shape index (κ3) is 3.31. The van der Waals surface area contributed by atoms with E-state index in [1.165, 1.54) is 5.56 Å². The van der Waals surface area contributed by atoms with Crippen LogP contribution in [-0.4, -0.2) is 10.1 Å². The molecule has 0 bridgehead atoms. The summed E-state index contributed by atoms with van der Waals surface area (Å²) in [6, 6.07) is 1.95. The van der Waals surface area contributed by atoms with Crippen LogP contribution in [0, 0.1) is 5.92 Å². The van der Waals surface area contributed by atoms with Crippen LogP contribution < -0.4 is 0 Å². The molecule has 0 aliphatic heterocycles. The minimum absolute atomic E-state index is 0.331. The van der Waals surface area contributed by atoms with Gasteiger partial charge >= 0.3 is 0 Å². The molecule has 0 fully saturated rings. The molecule has 0 spiro atoms. The normalized spacial score (nSPS) is 13.1. The fraction of sp³-hybridized carbons (Fsp3) is 0.643. The first-order valence-corrected chi connectivity index (χ1v) is 6.33. The average molecular weight is 221 g/mol. The maximum absolute atomic E-state index is 10.2. The van der Waals surface area contributed by atoms with Gasteiger partial charge in [0.05, 0.1) is 6.10 Å². The molecule has 0 saturated carbocycles. The Labute approximate surface area is 98.7 Å². The fourth-order valence-corrected chi connectivity index (χ4v) is 2.12. The van der Waals surface area contributed by atoms with Gasteiger partial charge in [0, 0.05) is 12.4 Å². The van der Waals surface area contributed by atoms with Crippen molar-refractivity contribution in [3.05, 3.63) is 29.6 Å². The lowest BCUT2D eigenvalue weighted by Crippen LogP contribution is -2.08. The van der Waals surface area contributed by atoms with Gasteiger partial charge in [0.2, 0.25) is 0 Å². The van der Waals surface area contributed by atoms with Crippen molar-refractivity contribution in [2.24, 2.45) is 5.92 Å². The van der Waals surface area contributed by atoms with Gasteiger partial charge in [0.15, 0.2) is 0 Å². The summed E-state index contributed by atoms with van der Waals surface area (Å²) < 4.78 is 0. The second kappa shape index (κ2) is 6.64. The summed E-state index contributed by atoms with van der Waals surface area (Å²) in [5.74, 6) is 0.618. The highest BCUT2D eigenvalue weighted by atomic mass is 16.3. The van der Waals surface area contributed by atoms with Gasteiger partial charge in [-0.25, -0.2) is 0 Å². The van der Waals surface area contributed by atoms with Crippen LogP contribution in [0.5, 0.6) is 0 Å². The number of hydrogen-bond donors (Lipinski definition) is 1. The number of aliphatic hydroxyl groups excluding tert-OH is 1. The van der Waals surface area contributed by atoms with Crippen LogP contribution in [-0.2, 0) is 6.42 Å². The first kappa shape index (κ1) is 13.2. The molecule has 0 saturated heterocycles. The molecule has 1 aromatic heterocycles. The van der Waals surface area contributed by atoms with E-state index >= 15 is 0 Å². The third-order valence-corrected chi connectivity index (χ3v) is 3.39. The summed E-state index contributed by atoms with van der Waals surface area (Å²) in [6.45, 7) is 6.48. The standard InChI is InChI=1S/C14H23NO/c1-4-11(5-2)9-14(16)13-7-8-15-10-12(13)6-3/h7-8,10-11,14,16H,4-6,9H2,1-3H3. The molecule has 0 aliphatic rings. The number of pyridine rings is 1. The molecule has 0 aromatic carbocycles. The van der Waals surface area contributed by atoms with Crippen LogP contribution in [0.3, 0.4) is 0 Å². The van der Waals surface area contributed by atoms with Crippen molar-refractivity contribution >= 4 is 0 Å². The zero-order valence-corrected chi connectivity index (χ0v) is 10.6. The molecule has 2 heteroatoms. The van der Waals surface area contributed by atoms with E-state index < -0.39 is 0 Å². The molecule has 0 radical (unpaired) electrons. The Morgan fingerprint density at radius 1 is 1.25 bits per heavy atom. The van der Waals surface area contributed by atoms with Crippen molar-refractivity contribution in [1.29, 1.82) is 0 Å². The molecule has 1 heterocycles. The van der Waals surface area contributed by atoms with Crippen LogP contribution >= 0.6 is 0 Å². The fourth-order valence-electron chi connectivity index (χ4n) is 2.12. The number of aromatic nitrogens is 1. The summed E-state index contributed by atoms with van der Waals surface area (Å²) >= 11 is 0. The van der Waals surface area contributed by atoms with Gasteiger partial charge in [-0.15, -0.1) is 0 Å². The Morgan fingerprint density at radius 3 is 2.50 bits per heavy atom. The molecule has 0 amide bonds. The molecule has 16 heavy (non-hydrogen) atoms. The lowest BCUT2D eigenvalue weighted by Gasteiger charge is -2.19. The molecule has 1 unspecified atom stereocenters. The SMILES string of the molecule is CCc1cnccc1C(O)CC(CC)CC. The maximum Gasteiger partial charge on any atom is 0.0796 e.